The Bertz CT molecular complexity index is 544. The SMILES string of the molecule is O=C(Cc1cc[nH]c1)NCCC1=CC[C-]=C1.[C-]1=CCC=C1.[Fe+2]. The van der Waals surface area contributed by atoms with Gasteiger partial charge in [-0.25, -0.2) is 18.2 Å². The molecule has 1 heterocycles. The molecule has 2 aliphatic rings. The molecule has 2 N–H and O–H groups in total. The van der Waals surface area contributed by atoms with Crippen LogP contribution in [0.25, 0.3) is 0 Å². The minimum Gasteiger partial charge on any atom is -0.367 e. The number of nitrogens with one attached hydrogen (secondary N) is 2. The third-order valence-electron chi connectivity index (χ3n) is 3.12. The van der Waals surface area contributed by atoms with E-state index in [1.54, 1.807) is 0 Å². The molecule has 1 aromatic heterocycles. The van der Waals surface area contributed by atoms with Crippen molar-refractivity contribution in [1.29, 1.82) is 0 Å². The molecule has 4 heteroatoms. The summed E-state index contributed by atoms with van der Waals surface area (Å²) in [5.41, 5.74) is 2.28. The van der Waals surface area contributed by atoms with Crippen LogP contribution in [0.3, 0.4) is 0 Å². The summed E-state index contributed by atoms with van der Waals surface area (Å²) in [6.45, 7) is 0.702. The molecule has 0 radical (unpaired) electrons. The van der Waals surface area contributed by atoms with E-state index in [1.807, 2.05) is 36.7 Å². The van der Waals surface area contributed by atoms with Gasteiger partial charge in [-0.2, -0.15) is 17.7 Å². The molecule has 1 amide bonds. The molecule has 2 aliphatic carbocycles. The van der Waals surface area contributed by atoms with Crippen LogP contribution in [0.1, 0.15) is 24.8 Å². The maximum atomic E-state index is 11.5. The number of amides is 1. The van der Waals surface area contributed by atoms with Crippen LogP contribution < -0.4 is 5.32 Å². The zero-order chi connectivity index (χ0) is 14.8. The van der Waals surface area contributed by atoms with Gasteiger partial charge in [0, 0.05) is 18.9 Å². The summed E-state index contributed by atoms with van der Waals surface area (Å²) in [4.78, 5) is 14.4. The Morgan fingerprint density at radius 1 is 1.41 bits per heavy atom. The van der Waals surface area contributed by atoms with Crippen LogP contribution in [-0.4, -0.2) is 17.4 Å². The van der Waals surface area contributed by atoms with Crippen molar-refractivity contribution in [3.05, 3.63) is 72.1 Å². The molecule has 0 atom stereocenters. The topological polar surface area (TPSA) is 44.9 Å². The molecule has 3 nitrogen and oxygen atoms in total. The van der Waals surface area contributed by atoms with Crippen molar-refractivity contribution in [2.75, 3.05) is 6.54 Å². The van der Waals surface area contributed by atoms with E-state index in [1.165, 1.54) is 5.57 Å². The zero-order valence-corrected chi connectivity index (χ0v) is 13.5. The van der Waals surface area contributed by atoms with Gasteiger partial charge in [0.2, 0.25) is 5.91 Å². The molecule has 22 heavy (non-hydrogen) atoms. The van der Waals surface area contributed by atoms with Gasteiger partial charge in [-0.1, -0.05) is 6.42 Å². The van der Waals surface area contributed by atoms with Crippen LogP contribution in [-0.2, 0) is 28.3 Å². The van der Waals surface area contributed by atoms with Crippen LogP contribution in [0.5, 0.6) is 0 Å². The maximum Gasteiger partial charge on any atom is 2.00 e. The first kappa shape index (κ1) is 18.3. The summed E-state index contributed by atoms with van der Waals surface area (Å²) in [5, 5.41) is 2.91. The fourth-order valence-corrected chi connectivity index (χ4v) is 2.02. The number of H-pyrrole nitrogens is 1. The summed E-state index contributed by atoms with van der Waals surface area (Å²) in [5.74, 6) is 0.0751. The molecule has 0 bridgehead atoms. The fourth-order valence-electron chi connectivity index (χ4n) is 2.02. The van der Waals surface area contributed by atoms with Crippen LogP contribution in [0.2, 0.25) is 0 Å². The summed E-state index contributed by atoms with van der Waals surface area (Å²) in [7, 11) is 0. The summed E-state index contributed by atoms with van der Waals surface area (Å²) in [6.07, 6.45) is 23.2. The van der Waals surface area contributed by atoms with Crippen LogP contribution in [0, 0.1) is 12.2 Å². The second-order valence-electron chi connectivity index (χ2n) is 4.84. The van der Waals surface area contributed by atoms with Gasteiger partial charge in [-0.3, -0.25) is 16.9 Å². The molecule has 0 saturated carbocycles. The number of aromatic amines is 1. The molecule has 1 aromatic rings. The van der Waals surface area contributed by atoms with Crippen molar-refractivity contribution >= 4 is 5.91 Å². The standard InChI is InChI=1S/C13H15N2O.C5H5.Fe/c16-13(9-12-5-7-14-10-12)15-8-6-11-3-1-2-4-11;1-2-4-5-3-1;/h3-5,7,10,14H,1,6,8-9H2,(H,15,16);1-2,5H,3H2;/q2*-1;+2. The molecule has 0 spiro atoms. The number of allylic oxidation sites excluding steroid dienone is 7. The largest absolute Gasteiger partial charge is 2.00 e. The van der Waals surface area contributed by atoms with Gasteiger partial charge in [-0.15, -0.1) is 12.8 Å². The normalized spacial score (nSPS) is 14.1. The minimum atomic E-state index is 0. The van der Waals surface area contributed by atoms with E-state index in [-0.39, 0.29) is 23.0 Å². The molecule has 116 valence electrons. The number of aromatic nitrogens is 1. The predicted molar refractivity (Wildman–Crippen MR) is 84.2 cm³/mol. The Morgan fingerprint density at radius 3 is 2.86 bits per heavy atom. The molecule has 0 aliphatic heterocycles. The summed E-state index contributed by atoms with van der Waals surface area (Å²) >= 11 is 0. The quantitative estimate of drug-likeness (QED) is 0.630. The smallest absolute Gasteiger partial charge is 0.367 e. The minimum absolute atomic E-state index is 0. The molecular formula is C18H20FeN2O. The van der Waals surface area contributed by atoms with Crippen molar-refractivity contribution in [2.45, 2.75) is 25.7 Å². The molecule has 0 fully saturated rings. The van der Waals surface area contributed by atoms with E-state index in [0.29, 0.717) is 13.0 Å². The van der Waals surface area contributed by atoms with E-state index in [4.69, 9.17) is 0 Å². The van der Waals surface area contributed by atoms with E-state index >= 15 is 0 Å². The van der Waals surface area contributed by atoms with Gasteiger partial charge in [0.15, 0.2) is 0 Å². The second-order valence-corrected chi connectivity index (χ2v) is 4.84. The summed E-state index contributed by atoms with van der Waals surface area (Å²) in [6, 6.07) is 1.91. The molecular weight excluding hydrogens is 316 g/mol. The number of hydrogen-bond acceptors (Lipinski definition) is 1. The average Bonchev–Trinajstić information content (AvgIpc) is 3.24. The molecule has 0 unspecified atom stereocenters. The molecule has 3 rings (SSSR count). The molecule has 0 saturated heterocycles. The van der Waals surface area contributed by atoms with Gasteiger partial charge in [0.05, 0.1) is 6.42 Å². The Kier molecular flexibility index (Phi) is 9.04. The monoisotopic (exact) mass is 336 g/mol. The van der Waals surface area contributed by atoms with Crippen LogP contribution >= 0.6 is 0 Å². The Balaban J connectivity index is 0.000000344. The van der Waals surface area contributed by atoms with E-state index < -0.39 is 0 Å². The van der Waals surface area contributed by atoms with Crippen molar-refractivity contribution in [3.8, 4) is 0 Å². The third-order valence-corrected chi connectivity index (χ3v) is 3.12. The van der Waals surface area contributed by atoms with Crippen molar-refractivity contribution in [1.82, 2.24) is 10.3 Å². The number of carbonyl (C=O) groups excluding carboxylic acids is 1. The summed E-state index contributed by atoms with van der Waals surface area (Å²) < 4.78 is 0. The van der Waals surface area contributed by atoms with Crippen molar-refractivity contribution in [2.24, 2.45) is 0 Å². The predicted octanol–water partition coefficient (Wildman–Crippen LogP) is 3.06. The Labute approximate surface area is 142 Å². The maximum absolute atomic E-state index is 11.5. The number of rotatable bonds is 5. The zero-order valence-electron chi connectivity index (χ0n) is 12.4. The molecule has 0 aromatic carbocycles. The third kappa shape index (κ3) is 7.30. The number of carbonyl (C=O) groups is 1. The van der Waals surface area contributed by atoms with E-state index in [9.17, 15) is 4.79 Å². The van der Waals surface area contributed by atoms with Gasteiger partial charge in [0.1, 0.15) is 0 Å². The van der Waals surface area contributed by atoms with Gasteiger partial charge >= 0.3 is 17.1 Å². The van der Waals surface area contributed by atoms with Crippen LogP contribution in [0.15, 0.2) is 54.4 Å². The fraction of sp³-hybridized carbons (Fsp3) is 0.278. The first-order chi connectivity index (χ1) is 10.3. The van der Waals surface area contributed by atoms with E-state index in [2.05, 4.69) is 34.6 Å². The second kappa shape index (κ2) is 10.9. The Hall–Kier alpha value is -1.77. The van der Waals surface area contributed by atoms with Crippen LogP contribution in [0.4, 0.5) is 0 Å². The van der Waals surface area contributed by atoms with E-state index in [0.717, 1.165) is 24.8 Å². The van der Waals surface area contributed by atoms with Crippen molar-refractivity contribution < 1.29 is 21.9 Å². The number of hydrogen-bond donors (Lipinski definition) is 2. The van der Waals surface area contributed by atoms with Gasteiger partial charge in [0.25, 0.3) is 0 Å². The average molecular weight is 336 g/mol. The Morgan fingerprint density at radius 2 is 2.32 bits per heavy atom. The van der Waals surface area contributed by atoms with Gasteiger partial charge < -0.3 is 10.3 Å². The first-order valence-electron chi connectivity index (χ1n) is 7.21. The van der Waals surface area contributed by atoms with Gasteiger partial charge in [-0.05, 0) is 11.6 Å². The first-order valence-corrected chi connectivity index (χ1v) is 7.21. The van der Waals surface area contributed by atoms with Crippen molar-refractivity contribution in [3.63, 3.8) is 0 Å².